The zero-order valence-electron chi connectivity index (χ0n) is 16.4. The molecular formula is C23H31N3O. The van der Waals surface area contributed by atoms with Crippen molar-refractivity contribution in [1.82, 2.24) is 4.90 Å². The molecule has 0 aromatic carbocycles. The summed E-state index contributed by atoms with van der Waals surface area (Å²) in [6.07, 6.45) is 26.8. The Bertz CT molecular complexity index is 695. The Morgan fingerprint density at radius 2 is 2.07 bits per heavy atom. The third kappa shape index (κ3) is 4.31. The number of dihydropyridines is 1. The first-order valence-corrected chi connectivity index (χ1v) is 10.3. The summed E-state index contributed by atoms with van der Waals surface area (Å²) in [7, 11) is 0. The minimum atomic E-state index is -0.337. The first-order valence-electron chi connectivity index (χ1n) is 10.3. The first kappa shape index (κ1) is 19.8. The maximum atomic E-state index is 5.59. The summed E-state index contributed by atoms with van der Waals surface area (Å²) < 4.78 is 5.59. The van der Waals surface area contributed by atoms with E-state index in [1.54, 1.807) is 0 Å². The van der Waals surface area contributed by atoms with E-state index in [-0.39, 0.29) is 11.7 Å². The molecule has 144 valence electrons. The molecule has 2 aliphatic heterocycles. The Hall–Kier alpha value is -1.96. The highest BCUT2D eigenvalue weighted by molar-refractivity contribution is 6.10. The van der Waals surface area contributed by atoms with Crippen molar-refractivity contribution in [3.8, 4) is 12.3 Å². The zero-order chi connectivity index (χ0) is 19.0. The summed E-state index contributed by atoms with van der Waals surface area (Å²) in [5.74, 6) is 2.54. The van der Waals surface area contributed by atoms with Gasteiger partial charge in [0.25, 0.3) is 0 Å². The lowest BCUT2D eigenvalue weighted by atomic mass is 9.83. The molecule has 0 aromatic rings. The van der Waals surface area contributed by atoms with Crippen LogP contribution in [-0.4, -0.2) is 48.3 Å². The molecule has 3 aliphatic rings. The molecule has 1 spiro atoms. The van der Waals surface area contributed by atoms with Gasteiger partial charge in [-0.05, 0) is 31.1 Å². The predicted octanol–water partition coefficient (Wildman–Crippen LogP) is 4.30. The van der Waals surface area contributed by atoms with Crippen LogP contribution in [0.3, 0.4) is 0 Å². The Kier molecular flexibility index (Phi) is 7.20. The molecule has 0 saturated carbocycles. The number of terminal acetylenes is 1. The molecule has 2 heterocycles. The van der Waals surface area contributed by atoms with Gasteiger partial charge in [0.15, 0.2) is 0 Å². The summed E-state index contributed by atoms with van der Waals surface area (Å²) in [6, 6.07) is 0. The molecule has 2 atom stereocenters. The van der Waals surface area contributed by atoms with Crippen LogP contribution in [0.4, 0.5) is 0 Å². The highest BCUT2D eigenvalue weighted by atomic mass is 16.5. The fourth-order valence-corrected chi connectivity index (χ4v) is 4.18. The van der Waals surface area contributed by atoms with Crippen LogP contribution < -0.4 is 0 Å². The van der Waals surface area contributed by atoms with E-state index in [0.29, 0.717) is 13.2 Å². The van der Waals surface area contributed by atoms with Crippen molar-refractivity contribution in [2.75, 3.05) is 19.8 Å². The van der Waals surface area contributed by atoms with E-state index in [2.05, 4.69) is 47.0 Å². The molecule has 4 heteroatoms. The highest BCUT2D eigenvalue weighted by Crippen LogP contribution is 2.41. The van der Waals surface area contributed by atoms with Gasteiger partial charge in [-0.2, -0.15) is 0 Å². The van der Waals surface area contributed by atoms with Crippen LogP contribution in [0.1, 0.15) is 51.9 Å². The number of unbranched alkanes of at least 4 members (excludes halogenated alkanes) is 5. The SMILES string of the molecule is C#CCOCCN1C(CCCCCCCC)N=C2C=CC=C3N=CC=CC321. The lowest BCUT2D eigenvalue weighted by molar-refractivity contribution is 0.0888. The second-order valence-electron chi connectivity index (χ2n) is 7.32. The van der Waals surface area contributed by atoms with Gasteiger partial charge in [0, 0.05) is 12.8 Å². The number of rotatable bonds is 11. The van der Waals surface area contributed by atoms with E-state index in [1.165, 1.54) is 38.5 Å². The van der Waals surface area contributed by atoms with Crippen LogP contribution in [0.25, 0.3) is 0 Å². The summed E-state index contributed by atoms with van der Waals surface area (Å²) in [5, 5.41) is 0. The average Bonchev–Trinajstić information content (AvgIpc) is 3.00. The van der Waals surface area contributed by atoms with E-state index in [9.17, 15) is 0 Å². The molecule has 0 bridgehead atoms. The minimum Gasteiger partial charge on any atom is -0.367 e. The molecule has 0 aromatic heterocycles. The minimum absolute atomic E-state index is 0.171. The average molecular weight is 366 g/mol. The van der Waals surface area contributed by atoms with Crippen LogP contribution >= 0.6 is 0 Å². The second-order valence-corrected chi connectivity index (χ2v) is 7.32. The second kappa shape index (κ2) is 9.82. The largest absolute Gasteiger partial charge is 0.367 e. The normalized spacial score (nSPS) is 25.7. The molecule has 0 radical (unpaired) electrons. The fourth-order valence-electron chi connectivity index (χ4n) is 4.18. The van der Waals surface area contributed by atoms with Gasteiger partial charge >= 0.3 is 0 Å². The van der Waals surface area contributed by atoms with Gasteiger partial charge < -0.3 is 4.74 Å². The Balaban J connectivity index is 1.68. The molecule has 3 rings (SSSR count). The summed E-state index contributed by atoms with van der Waals surface area (Å²) >= 11 is 0. The predicted molar refractivity (Wildman–Crippen MR) is 113 cm³/mol. The molecule has 0 saturated heterocycles. The van der Waals surface area contributed by atoms with Gasteiger partial charge in [-0.25, -0.2) is 0 Å². The van der Waals surface area contributed by atoms with Crippen LogP contribution in [-0.2, 0) is 4.74 Å². The summed E-state index contributed by atoms with van der Waals surface area (Å²) in [4.78, 5) is 12.2. The zero-order valence-corrected chi connectivity index (χ0v) is 16.4. The van der Waals surface area contributed by atoms with Crippen molar-refractivity contribution in [2.45, 2.75) is 63.6 Å². The maximum absolute atomic E-state index is 5.59. The van der Waals surface area contributed by atoms with E-state index < -0.39 is 0 Å². The van der Waals surface area contributed by atoms with Crippen molar-refractivity contribution in [3.05, 3.63) is 36.1 Å². The van der Waals surface area contributed by atoms with Gasteiger partial charge in [0.2, 0.25) is 0 Å². The Morgan fingerprint density at radius 3 is 2.93 bits per heavy atom. The number of aliphatic imine (C=N–C) groups is 2. The van der Waals surface area contributed by atoms with E-state index in [0.717, 1.165) is 24.4 Å². The van der Waals surface area contributed by atoms with Crippen LogP contribution in [0, 0.1) is 12.3 Å². The third-order valence-electron chi connectivity index (χ3n) is 5.51. The van der Waals surface area contributed by atoms with Crippen molar-refractivity contribution in [3.63, 3.8) is 0 Å². The Morgan fingerprint density at radius 1 is 1.22 bits per heavy atom. The maximum Gasteiger partial charge on any atom is 0.126 e. The quantitative estimate of drug-likeness (QED) is 0.404. The van der Waals surface area contributed by atoms with Crippen molar-refractivity contribution >= 4 is 11.9 Å². The number of hydrogen-bond acceptors (Lipinski definition) is 4. The van der Waals surface area contributed by atoms with Gasteiger partial charge in [-0.3, -0.25) is 14.9 Å². The van der Waals surface area contributed by atoms with E-state index in [1.807, 2.05) is 12.3 Å². The van der Waals surface area contributed by atoms with Gasteiger partial charge in [-0.15, -0.1) is 6.42 Å². The number of nitrogens with zero attached hydrogens (tertiary/aromatic N) is 3. The van der Waals surface area contributed by atoms with Gasteiger partial charge in [0.05, 0.1) is 18.0 Å². The third-order valence-corrected chi connectivity index (χ3v) is 5.51. The molecule has 0 fully saturated rings. The number of ether oxygens (including phenoxy) is 1. The molecule has 0 N–H and O–H groups in total. The standard InChI is InChI=1S/C23H31N3O/c1-3-5-6-7-8-9-14-22-25-21-13-10-12-20-23(21,15-11-16-24-20)26(22)17-19-27-18-4-2/h2,10-13,15-16,22H,3,5-9,14,17-19H2,1H3. The number of allylic oxidation sites excluding steroid dienone is 3. The smallest absolute Gasteiger partial charge is 0.126 e. The van der Waals surface area contributed by atoms with E-state index >= 15 is 0 Å². The lowest BCUT2D eigenvalue weighted by Crippen LogP contribution is -2.54. The van der Waals surface area contributed by atoms with Crippen molar-refractivity contribution in [2.24, 2.45) is 9.98 Å². The van der Waals surface area contributed by atoms with Gasteiger partial charge in [-0.1, -0.05) is 57.1 Å². The van der Waals surface area contributed by atoms with E-state index in [4.69, 9.17) is 16.2 Å². The highest BCUT2D eigenvalue weighted by Gasteiger charge is 2.50. The molecule has 4 nitrogen and oxygen atoms in total. The summed E-state index contributed by atoms with van der Waals surface area (Å²) in [6.45, 7) is 4.01. The molecule has 2 unspecified atom stereocenters. The molecule has 1 aliphatic carbocycles. The molecule has 0 amide bonds. The Labute approximate surface area is 163 Å². The van der Waals surface area contributed by atoms with Crippen LogP contribution in [0.15, 0.2) is 46.1 Å². The van der Waals surface area contributed by atoms with Crippen molar-refractivity contribution in [1.29, 1.82) is 0 Å². The monoisotopic (exact) mass is 365 g/mol. The fraction of sp³-hybridized carbons (Fsp3) is 0.565. The molecular weight excluding hydrogens is 334 g/mol. The van der Waals surface area contributed by atoms with Gasteiger partial charge in [0.1, 0.15) is 18.3 Å². The first-order chi connectivity index (χ1) is 13.3. The van der Waals surface area contributed by atoms with Crippen molar-refractivity contribution < 1.29 is 4.74 Å². The van der Waals surface area contributed by atoms with Crippen LogP contribution in [0.2, 0.25) is 0 Å². The summed E-state index contributed by atoms with van der Waals surface area (Å²) in [5.41, 5.74) is 1.81. The number of hydrogen-bond donors (Lipinski definition) is 0. The lowest BCUT2D eigenvalue weighted by Gasteiger charge is -2.41. The molecule has 27 heavy (non-hydrogen) atoms. The topological polar surface area (TPSA) is 37.2 Å². The van der Waals surface area contributed by atoms with Crippen LogP contribution in [0.5, 0.6) is 0 Å².